The number of hydrogen-bond acceptors (Lipinski definition) is 6. The van der Waals surface area contributed by atoms with Crippen LogP contribution in [0.15, 0.2) is 31.0 Å². The Hall–Kier alpha value is -2.74. The number of nitrogens with zero attached hydrogens (tertiary/aromatic N) is 5. The molecule has 24 heavy (non-hydrogen) atoms. The van der Waals surface area contributed by atoms with Crippen LogP contribution in [0.3, 0.4) is 0 Å². The molecule has 0 saturated carbocycles. The minimum atomic E-state index is 0.260. The molecule has 0 bridgehead atoms. The van der Waals surface area contributed by atoms with Gasteiger partial charge in [0.05, 0.1) is 29.2 Å². The van der Waals surface area contributed by atoms with E-state index in [2.05, 4.69) is 30.5 Å². The summed E-state index contributed by atoms with van der Waals surface area (Å²) in [5.74, 6) is 1.39. The second-order valence-electron chi connectivity index (χ2n) is 5.81. The number of anilines is 1. The number of nitrogens with one attached hydrogen (secondary N) is 2. The van der Waals surface area contributed by atoms with Gasteiger partial charge in [-0.2, -0.15) is 5.10 Å². The number of imidazole rings is 1. The van der Waals surface area contributed by atoms with Crippen molar-refractivity contribution in [2.24, 2.45) is 0 Å². The monoisotopic (exact) mass is 325 g/mol. The predicted molar refractivity (Wildman–Crippen MR) is 88.9 cm³/mol. The van der Waals surface area contributed by atoms with Crippen LogP contribution in [0, 0.1) is 6.92 Å². The van der Waals surface area contributed by atoms with Gasteiger partial charge in [-0.3, -0.25) is 9.67 Å². The number of H-pyrrole nitrogens is 1. The number of ether oxygens (including phenoxy) is 1. The van der Waals surface area contributed by atoms with Crippen molar-refractivity contribution in [3.63, 3.8) is 0 Å². The average Bonchev–Trinajstić information content (AvgIpc) is 3.35. The Morgan fingerprint density at radius 2 is 2.17 bits per heavy atom. The second-order valence-corrected chi connectivity index (χ2v) is 5.81. The van der Waals surface area contributed by atoms with Gasteiger partial charge in [-0.1, -0.05) is 0 Å². The van der Waals surface area contributed by atoms with Gasteiger partial charge >= 0.3 is 0 Å². The van der Waals surface area contributed by atoms with Crippen molar-refractivity contribution < 1.29 is 4.74 Å². The summed E-state index contributed by atoms with van der Waals surface area (Å²) in [5, 5.41) is 10.2. The maximum absolute atomic E-state index is 5.59. The summed E-state index contributed by atoms with van der Waals surface area (Å²) in [5.41, 5.74) is 2.79. The van der Waals surface area contributed by atoms with E-state index in [4.69, 9.17) is 4.74 Å². The molecule has 1 unspecified atom stereocenters. The third-order valence-electron chi connectivity index (χ3n) is 4.13. The Balaban J connectivity index is 1.51. The van der Waals surface area contributed by atoms with Gasteiger partial charge in [-0.15, -0.1) is 0 Å². The van der Waals surface area contributed by atoms with E-state index in [0.717, 1.165) is 48.8 Å². The van der Waals surface area contributed by atoms with E-state index in [-0.39, 0.29) is 6.10 Å². The van der Waals surface area contributed by atoms with Crippen LogP contribution >= 0.6 is 0 Å². The maximum atomic E-state index is 5.59. The zero-order valence-electron chi connectivity index (χ0n) is 13.4. The third kappa shape index (κ3) is 2.88. The molecule has 0 amide bonds. The summed E-state index contributed by atoms with van der Waals surface area (Å²) >= 11 is 0. The molecule has 124 valence electrons. The van der Waals surface area contributed by atoms with Gasteiger partial charge < -0.3 is 10.1 Å². The van der Waals surface area contributed by atoms with Crippen LogP contribution in [0.4, 0.5) is 5.95 Å². The van der Waals surface area contributed by atoms with Crippen molar-refractivity contribution in [2.45, 2.75) is 25.9 Å². The standard InChI is InChI=1S/C16H19N7O/c1-11-14(10-21-22-11)23-5-4-17-15(23)12-7-18-16(19-8-12)20-9-13-3-2-6-24-13/h4-5,7-8,10,13H,2-3,6,9H2,1H3,(H,21,22)(H,18,19,20). The van der Waals surface area contributed by atoms with Gasteiger partial charge in [0.15, 0.2) is 0 Å². The molecule has 8 nitrogen and oxygen atoms in total. The number of hydrogen-bond donors (Lipinski definition) is 2. The summed E-state index contributed by atoms with van der Waals surface area (Å²) in [6.45, 7) is 3.56. The molecule has 0 radical (unpaired) electrons. The Bertz CT molecular complexity index is 802. The van der Waals surface area contributed by atoms with E-state index in [1.165, 1.54) is 0 Å². The van der Waals surface area contributed by atoms with Gasteiger partial charge in [-0.25, -0.2) is 15.0 Å². The van der Waals surface area contributed by atoms with Gasteiger partial charge in [0.1, 0.15) is 5.82 Å². The van der Waals surface area contributed by atoms with Crippen LogP contribution in [0.5, 0.6) is 0 Å². The highest BCUT2D eigenvalue weighted by atomic mass is 16.5. The molecule has 1 atom stereocenters. The topological polar surface area (TPSA) is 93.5 Å². The van der Waals surface area contributed by atoms with Gasteiger partial charge in [0.2, 0.25) is 5.95 Å². The lowest BCUT2D eigenvalue weighted by atomic mass is 10.2. The zero-order valence-corrected chi connectivity index (χ0v) is 13.4. The molecule has 4 rings (SSSR count). The third-order valence-corrected chi connectivity index (χ3v) is 4.13. The quantitative estimate of drug-likeness (QED) is 0.745. The largest absolute Gasteiger partial charge is 0.376 e. The highest BCUT2D eigenvalue weighted by Gasteiger charge is 2.16. The Morgan fingerprint density at radius 1 is 1.29 bits per heavy atom. The normalized spacial score (nSPS) is 17.3. The molecule has 8 heteroatoms. The zero-order chi connectivity index (χ0) is 16.4. The lowest BCUT2D eigenvalue weighted by Crippen LogP contribution is -2.19. The Kier molecular flexibility index (Phi) is 3.96. The molecule has 4 heterocycles. The average molecular weight is 325 g/mol. The Labute approximate surface area is 139 Å². The first kappa shape index (κ1) is 14.8. The van der Waals surface area contributed by atoms with Crippen LogP contribution in [0.1, 0.15) is 18.5 Å². The summed E-state index contributed by atoms with van der Waals surface area (Å²) in [7, 11) is 0. The fraction of sp³-hybridized carbons (Fsp3) is 0.375. The van der Waals surface area contributed by atoms with Crippen molar-refractivity contribution in [1.82, 2.24) is 29.7 Å². The fourth-order valence-electron chi connectivity index (χ4n) is 2.84. The van der Waals surface area contributed by atoms with E-state index in [9.17, 15) is 0 Å². The lowest BCUT2D eigenvalue weighted by molar-refractivity contribution is 0.120. The van der Waals surface area contributed by atoms with E-state index < -0.39 is 0 Å². The number of rotatable bonds is 5. The molecule has 1 fully saturated rings. The molecule has 0 aliphatic carbocycles. The minimum Gasteiger partial charge on any atom is -0.376 e. The maximum Gasteiger partial charge on any atom is 0.222 e. The van der Waals surface area contributed by atoms with Gasteiger partial charge in [0, 0.05) is 37.9 Å². The first-order valence-corrected chi connectivity index (χ1v) is 8.03. The van der Waals surface area contributed by atoms with Crippen LogP contribution in [0.2, 0.25) is 0 Å². The molecule has 0 spiro atoms. The molecular formula is C16H19N7O. The predicted octanol–water partition coefficient (Wildman–Crippen LogP) is 1.95. The van der Waals surface area contributed by atoms with E-state index in [1.54, 1.807) is 24.8 Å². The van der Waals surface area contributed by atoms with Crippen molar-refractivity contribution >= 4 is 5.95 Å². The van der Waals surface area contributed by atoms with Crippen LogP contribution in [-0.2, 0) is 4.74 Å². The Morgan fingerprint density at radius 3 is 2.88 bits per heavy atom. The fourth-order valence-corrected chi connectivity index (χ4v) is 2.84. The summed E-state index contributed by atoms with van der Waals surface area (Å²) < 4.78 is 7.55. The van der Waals surface area contributed by atoms with E-state index in [0.29, 0.717) is 5.95 Å². The summed E-state index contributed by atoms with van der Waals surface area (Å²) in [6.07, 6.45) is 11.5. The van der Waals surface area contributed by atoms with Gasteiger partial charge in [0.25, 0.3) is 0 Å². The highest BCUT2D eigenvalue weighted by Crippen LogP contribution is 2.22. The first-order valence-electron chi connectivity index (χ1n) is 8.03. The SMILES string of the molecule is Cc1[nH]ncc1-n1ccnc1-c1cnc(NCC2CCCO2)nc1. The van der Waals surface area contributed by atoms with Crippen molar-refractivity contribution in [3.8, 4) is 17.1 Å². The minimum absolute atomic E-state index is 0.260. The van der Waals surface area contributed by atoms with Crippen molar-refractivity contribution in [3.05, 3.63) is 36.7 Å². The molecular weight excluding hydrogens is 306 g/mol. The highest BCUT2D eigenvalue weighted by molar-refractivity contribution is 5.57. The first-order chi connectivity index (χ1) is 11.8. The molecule has 1 aliphatic heterocycles. The lowest BCUT2D eigenvalue weighted by Gasteiger charge is -2.11. The smallest absolute Gasteiger partial charge is 0.222 e. The van der Waals surface area contributed by atoms with Crippen LogP contribution in [0.25, 0.3) is 17.1 Å². The summed E-state index contributed by atoms with van der Waals surface area (Å²) in [6, 6.07) is 0. The molecule has 2 N–H and O–H groups in total. The van der Waals surface area contributed by atoms with Crippen molar-refractivity contribution in [1.29, 1.82) is 0 Å². The number of aromatic amines is 1. The molecule has 1 aliphatic rings. The number of aryl methyl sites for hydroxylation is 1. The van der Waals surface area contributed by atoms with E-state index in [1.807, 2.05) is 17.7 Å². The molecule has 0 aromatic carbocycles. The second kappa shape index (κ2) is 6.40. The van der Waals surface area contributed by atoms with Gasteiger partial charge in [-0.05, 0) is 19.8 Å². The molecule has 3 aromatic rings. The van der Waals surface area contributed by atoms with E-state index >= 15 is 0 Å². The van der Waals surface area contributed by atoms with Crippen LogP contribution < -0.4 is 5.32 Å². The van der Waals surface area contributed by atoms with Crippen LogP contribution in [-0.4, -0.2) is 49.0 Å². The van der Waals surface area contributed by atoms with Crippen molar-refractivity contribution in [2.75, 3.05) is 18.5 Å². The number of aromatic nitrogens is 6. The molecule has 1 saturated heterocycles. The molecule has 3 aromatic heterocycles. The summed E-state index contributed by atoms with van der Waals surface area (Å²) in [4.78, 5) is 13.2.